The van der Waals surface area contributed by atoms with Crippen molar-refractivity contribution >= 4 is 10.9 Å². The van der Waals surface area contributed by atoms with Crippen molar-refractivity contribution < 1.29 is 4.74 Å². The molecule has 2 aromatic rings. The van der Waals surface area contributed by atoms with Crippen molar-refractivity contribution in [3.63, 3.8) is 0 Å². The minimum atomic E-state index is -0.160. The fraction of sp³-hybridized carbons (Fsp3) is 0.556. The number of fused-ring (bicyclic) bond motifs is 1. The van der Waals surface area contributed by atoms with Gasteiger partial charge in [0.1, 0.15) is 5.82 Å². The lowest BCUT2D eigenvalue weighted by molar-refractivity contribution is 0.0523. The van der Waals surface area contributed by atoms with Crippen molar-refractivity contribution in [3.05, 3.63) is 39.4 Å². The third kappa shape index (κ3) is 2.68. The second-order valence-corrected chi connectivity index (χ2v) is 7.01. The third-order valence-corrected chi connectivity index (χ3v) is 4.98. The Morgan fingerprint density at radius 1 is 1.35 bits per heavy atom. The maximum absolute atomic E-state index is 12.9. The molecule has 1 aliphatic heterocycles. The maximum Gasteiger partial charge on any atom is 0.261 e. The zero-order valence-corrected chi connectivity index (χ0v) is 14.3. The maximum atomic E-state index is 12.9. The molecule has 0 spiro atoms. The van der Waals surface area contributed by atoms with E-state index >= 15 is 0 Å². The molecule has 1 aromatic carbocycles. The first kappa shape index (κ1) is 16.1. The molecule has 0 unspecified atom stereocenters. The molecule has 5 heteroatoms. The van der Waals surface area contributed by atoms with Gasteiger partial charge in [0.15, 0.2) is 0 Å². The van der Waals surface area contributed by atoms with E-state index < -0.39 is 0 Å². The topological polar surface area (TPSA) is 70.1 Å². The first-order valence-corrected chi connectivity index (χ1v) is 8.18. The highest BCUT2D eigenvalue weighted by Gasteiger charge is 2.34. The van der Waals surface area contributed by atoms with Gasteiger partial charge in [0.25, 0.3) is 5.56 Å². The second kappa shape index (κ2) is 5.73. The van der Waals surface area contributed by atoms with E-state index in [0.717, 1.165) is 35.3 Å². The van der Waals surface area contributed by atoms with Gasteiger partial charge in [-0.15, -0.1) is 0 Å². The van der Waals surface area contributed by atoms with E-state index in [0.29, 0.717) is 18.6 Å². The minimum Gasteiger partial charge on any atom is -0.381 e. The van der Waals surface area contributed by atoms with Crippen molar-refractivity contribution in [2.45, 2.75) is 45.1 Å². The van der Waals surface area contributed by atoms with Gasteiger partial charge in [-0.2, -0.15) is 0 Å². The van der Waals surface area contributed by atoms with Crippen LogP contribution in [-0.4, -0.2) is 22.8 Å². The lowest BCUT2D eigenvalue weighted by Gasteiger charge is -2.34. The van der Waals surface area contributed by atoms with Crippen LogP contribution in [0.2, 0.25) is 0 Å². The summed E-state index contributed by atoms with van der Waals surface area (Å²) in [5, 5.41) is 0.652. The summed E-state index contributed by atoms with van der Waals surface area (Å²) in [6.07, 6.45) is 1.75. The SMILES string of the molecule is Cc1cc([C@@H](C)N)c2nc(C3(C)CCOCC3)n(C)c(=O)c2c1. The predicted molar refractivity (Wildman–Crippen MR) is 91.7 cm³/mol. The quantitative estimate of drug-likeness (QED) is 0.923. The van der Waals surface area contributed by atoms with E-state index in [1.807, 2.05) is 33.0 Å². The second-order valence-electron chi connectivity index (χ2n) is 7.01. The van der Waals surface area contributed by atoms with Crippen molar-refractivity contribution in [1.82, 2.24) is 9.55 Å². The molecule has 0 radical (unpaired) electrons. The van der Waals surface area contributed by atoms with Gasteiger partial charge < -0.3 is 10.5 Å². The van der Waals surface area contributed by atoms with Gasteiger partial charge in [-0.1, -0.05) is 13.0 Å². The van der Waals surface area contributed by atoms with Crippen LogP contribution >= 0.6 is 0 Å². The van der Waals surface area contributed by atoms with Crippen LogP contribution in [0, 0.1) is 6.92 Å². The number of ether oxygens (including phenoxy) is 1. The summed E-state index contributed by atoms with van der Waals surface area (Å²) in [6, 6.07) is 3.79. The summed E-state index contributed by atoms with van der Waals surface area (Å²) >= 11 is 0. The van der Waals surface area contributed by atoms with E-state index in [-0.39, 0.29) is 17.0 Å². The zero-order valence-electron chi connectivity index (χ0n) is 14.3. The van der Waals surface area contributed by atoms with Gasteiger partial charge in [0, 0.05) is 31.7 Å². The molecule has 2 heterocycles. The number of hydrogen-bond acceptors (Lipinski definition) is 4. The Labute approximate surface area is 136 Å². The smallest absolute Gasteiger partial charge is 0.261 e. The first-order valence-electron chi connectivity index (χ1n) is 8.18. The number of rotatable bonds is 2. The Balaban J connectivity index is 2.33. The summed E-state index contributed by atoms with van der Waals surface area (Å²) in [6.45, 7) is 7.50. The highest BCUT2D eigenvalue weighted by atomic mass is 16.5. The summed E-state index contributed by atoms with van der Waals surface area (Å²) in [7, 11) is 1.82. The highest BCUT2D eigenvalue weighted by Crippen LogP contribution is 2.33. The molecule has 124 valence electrons. The van der Waals surface area contributed by atoms with E-state index in [1.54, 1.807) is 4.57 Å². The normalized spacial score (nSPS) is 19.0. The molecule has 5 nitrogen and oxygen atoms in total. The predicted octanol–water partition coefficient (Wildman–Crippen LogP) is 2.33. The molecule has 0 aliphatic carbocycles. The van der Waals surface area contributed by atoms with Gasteiger partial charge in [0.2, 0.25) is 0 Å². The lowest BCUT2D eigenvalue weighted by Crippen LogP contribution is -2.38. The Morgan fingerprint density at radius 3 is 2.61 bits per heavy atom. The van der Waals surface area contributed by atoms with Crippen LogP contribution in [0.25, 0.3) is 10.9 Å². The van der Waals surface area contributed by atoms with Crippen LogP contribution in [0.3, 0.4) is 0 Å². The summed E-state index contributed by atoms with van der Waals surface area (Å²) < 4.78 is 7.19. The summed E-state index contributed by atoms with van der Waals surface area (Å²) in [4.78, 5) is 17.8. The van der Waals surface area contributed by atoms with Gasteiger partial charge in [-0.25, -0.2) is 4.98 Å². The van der Waals surface area contributed by atoms with Crippen LogP contribution in [-0.2, 0) is 17.2 Å². The first-order chi connectivity index (χ1) is 10.8. The van der Waals surface area contributed by atoms with Crippen molar-refractivity contribution in [3.8, 4) is 0 Å². The molecule has 1 atom stereocenters. The third-order valence-electron chi connectivity index (χ3n) is 4.98. The molecule has 3 rings (SSSR count). The molecular formula is C18H25N3O2. The number of aromatic nitrogens is 2. The van der Waals surface area contributed by atoms with E-state index in [2.05, 4.69) is 6.92 Å². The molecule has 1 saturated heterocycles. The van der Waals surface area contributed by atoms with E-state index in [1.165, 1.54) is 0 Å². The van der Waals surface area contributed by atoms with Gasteiger partial charge in [-0.05, 0) is 43.9 Å². The Kier molecular flexibility index (Phi) is 4.02. The molecule has 0 bridgehead atoms. The number of hydrogen-bond donors (Lipinski definition) is 1. The average molecular weight is 315 g/mol. The largest absolute Gasteiger partial charge is 0.381 e. The number of aryl methyl sites for hydroxylation is 1. The van der Waals surface area contributed by atoms with Gasteiger partial charge in [-0.3, -0.25) is 9.36 Å². The lowest BCUT2D eigenvalue weighted by atomic mass is 9.81. The Bertz CT molecular complexity index is 802. The van der Waals surface area contributed by atoms with Crippen molar-refractivity contribution in [2.75, 3.05) is 13.2 Å². The molecule has 2 N–H and O–H groups in total. The highest BCUT2D eigenvalue weighted by molar-refractivity contribution is 5.82. The van der Waals surface area contributed by atoms with E-state index in [4.69, 9.17) is 15.5 Å². The monoisotopic (exact) mass is 315 g/mol. The fourth-order valence-electron chi connectivity index (χ4n) is 3.48. The van der Waals surface area contributed by atoms with Crippen LogP contribution in [0.5, 0.6) is 0 Å². The molecule has 0 amide bonds. The van der Waals surface area contributed by atoms with Crippen LogP contribution in [0.1, 0.15) is 49.7 Å². The average Bonchev–Trinajstić information content (AvgIpc) is 2.51. The van der Waals surface area contributed by atoms with Crippen molar-refractivity contribution in [2.24, 2.45) is 12.8 Å². The molecule has 23 heavy (non-hydrogen) atoms. The van der Waals surface area contributed by atoms with Crippen molar-refractivity contribution in [1.29, 1.82) is 0 Å². The van der Waals surface area contributed by atoms with Crippen LogP contribution in [0.4, 0.5) is 0 Å². The summed E-state index contributed by atoms with van der Waals surface area (Å²) in [5.41, 5.74) is 8.72. The molecule has 0 saturated carbocycles. The molecule has 1 aliphatic rings. The zero-order chi connectivity index (χ0) is 16.8. The fourth-order valence-corrected chi connectivity index (χ4v) is 3.48. The Morgan fingerprint density at radius 2 is 2.00 bits per heavy atom. The summed E-state index contributed by atoms with van der Waals surface area (Å²) in [5.74, 6) is 0.837. The number of benzene rings is 1. The Hall–Kier alpha value is -1.72. The minimum absolute atomic E-state index is 0.00307. The number of nitrogens with two attached hydrogens (primary N) is 1. The standard InChI is InChI=1S/C18H25N3O2/c1-11-9-13(12(2)19)15-14(10-11)16(22)21(4)17(20-15)18(3)5-7-23-8-6-18/h9-10,12H,5-8,19H2,1-4H3/t12-/m1/s1. The molecule has 1 aromatic heterocycles. The molecule has 1 fully saturated rings. The van der Waals surface area contributed by atoms with Gasteiger partial charge >= 0.3 is 0 Å². The molecular weight excluding hydrogens is 290 g/mol. The van der Waals surface area contributed by atoms with Crippen LogP contribution in [0.15, 0.2) is 16.9 Å². The van der Waals surface area contributed by atoms with Gasteiger partial charge in [0.05, 0.1) is 10.9 Å². The number of nitrogens with zero attached hydrogens (tertiary/aromatic N) is 2. The van der Waals surface area contributed by atoms with E-state index in [9.17, 15) is 4.79 Å². The van der Waals surface area contributed by atoms with Crippen LogP contribution < -0.4 is 11.3 Å².